The number of fused-ring (bicyclic) bond motifs is 1. The van der Waals surface area contributed by atoms with E-state index in [1.807, 2.05) is 36.9 Å². The number of carbonyl (C=O) groups is 1. The summed E-state index contributed by atoms with van der Waals surface area (Å²) in [6.45, 7) is 5.47. The number of aryl methyl sites for hydroxylation is 1. The molecule has 1 saturated heterocycles. The molecule has 1 aromatic heterocycles. The van der Waals surface area contributed by atoms with Gasteiger partial charge in [-0.15, -0.1) is 0 Å². The van der Waals surface area contributed by atoms with E-state index in [1.54, 1.807) is 0 Å². The average molecular weight is 524 g/mol. The van der Waals surface area contributed by atoms with Gasteiger partial charge in [-0.05, 0) is 56.5 Å². The number of aromatic nitrogens is 2. The van der Waals surface area contributed by atoms with Gasteiger partial charge in [0.1, 0.15) is 5.82 Å². The van der Waals surface area contributed by atoms with Crippen LogP contribution in [0.1, 0.15) is 37.2 Å². The van der Waals surface area contributed by atoms with E-state index < -0.39 is 12.1 Å². The smallest absolute Gasteiger partial charge is 0.475 e. The number of alkyl halides is 3. The molecule has 0 amide bonds. The van der Waals surface area contributed by atoms with Gasteiger partial charge in [0, 0.05) is 11.8 Å². The Hall–Kier alpha value is -2.85. The molecule has 196 valence electrons. The van der Waals surface area contributed by atoms with Crippen LogP contribution in [0.4, 0.5) is 13.2 Å². The number of para-hydroxylation sites is 1. The summed E-state index contributed by atoms with van der Waals surface area (Å²) in [5.74, 6) is -1.19. The minimum Gasteiger partial charge on any atom is -0.475 e. The highest BCUT2D eigenvalue weighted by atomic mass is 32.2. The Morgan fingerprint density at radius 3 is 2.39 bits per heavy atom. The molecule has 0 bridgehead atoms. The first-order valence-electron chi connectivity index (χ1n) is 11.3. The number of aromatic amines is 1. The number of hydrogen-bond donors (Lipinski definition) is 2. The van der Waals surface area contributed by atoms with Gasteiger partial charge in [0.2, 0.25) is 0 Å². The number of likely N-dealkylation sites (tertiary alicyclic amines) is 1. The van der Waals surface area contributed by atoms with Crippen molar-refractivity contribution in [1.29, 1.82) is 0 Å². The van der Waals surface area contributed by atoms with Crippen molar-refractivity contribution in [2.45, 2.75) is 50.8 Å². The lowest BCUT2D eigenvalue weighted by Gasteiger charge is -2.31. The first-order valence-corrected chi connectivity index (χ1v) is 12.3. The number of H-pyrrole nitrogens is 1. The van der Waals surface area contributed by atoms with Gasteiger partial charge in [-0.25, -0.2) is 9.78 Å². The maximum atomic E-state index is 12.3. The minimum atomic E-state index is -5.08. The number of carboxylic acids is 1. The molecule has 10 heteroatoms. The summed E-state index contributed by atoms with van der Waals surface area (Å²) in [6.07, 6.45) is -1.55. The number of nitrogens with zero attached hydrogens (tertiary/aromatic N) is 2. The third-order valence-corrected chi connectivity index (χ3v) is 7.16. The van der Waals surface area contributed by atoms with Crippen LogP contribution in [-0.4, -0.2) is 57.0 Å². The number of benzene rings is 2. The summed E-state index contributed by atoms with van der Waals surface area (Å²) in [4.78, 5) is 31.5. The van der Waals surface area contributed by atoms with Crippen molar-refractivity contribution in [1.82, 2.24) is 14.9 Å². The fourth-order valence-corrected chi connectivity index (χ4v) is 4.92. The molecule has 6 nitrogen and oxygen atoms in total. The van der Waals surface area contributed by atoms with E-state index in [9.17, 15) is 18.0 Å². The molecule has 0 radical (unpaired) electrons. The second-order valence-electron chi connectivity index (χ2n) is 8.37. The summed E-state index contributed by atoms with van der Waals surface area (Å²) in [7, 11) is 0. The SMILES string of the molecule is C.Cc1cccc2c(=O)[nH]c(CSC3CCN(CCc4ccccc4)CC3)nc12.O=C(O)C(F)(F)F. The summed E-state index contributed by atoms with van der Waals surface area (Å²) in [5, 5.41) is 8.45. The van der Waals surface area contributed by atoms with Crippen molar-refractivity contribution < 1.29 is 23.1 Å². The molecule has 0 unspecified atom stereocenters. The lowest BCUT2D eigenvalue weighted by Crippen LogP contribution is -2.36. The van der Waals surface area contributed by atoms with Crippen molar-refractivity contribution in [3.05, 3.63) is 75.8 Å². The van der Waals surface area contributed by atoms with Crippen LogP contribution < -0.4 is 5.56 Å². The molecule has 2 heterocycles. The monoisotopic (exact) mass is 523 g/mol. The van der Waals surface area contributed by atoms with Crippen molar-refractivity contribution in [2.75, 3.05) is 19.6 Å². The zero-order chi connectivity index (χ0) is 25.4. The summed E-state index contributed by atoms with van der Waals surface area (Å²) < 4.78 is 31.7. The zero-order valence-electron chi connectivity index (χ0n) is 19.3. The molecule has 0 saturated carbocycles. The van der Waals surface area contributed by atoms with Crippen LogP contribution >= 0.6 is 11.8 Å². The Morgan fingerprint density at radius 1 is 1.14 bits per heavy atom. The molecule has 1 fully saturated rings. The lowest BCUT2D eigenvalue weighted by molar-refractivity contribution is -0.192. The van der Waals surface area contributed by atoms with Crippen LogP contribution in [-0.2, 0) is 17.0 Å². The fourth-order valence-electron chi connectivity index (χ4n) is 3.85. The van der Waals surface area contributed by atoms with Gasteiger partial charge in [-0.2, -0.15) is 24.9 Å². The quantitative estimate of drug-likeness (QED) is 0.448. The average Bonchev–Trinajstić information content (AvgIpc) is 2.83. The predicted octanol–water partition coefficient (Wildman–Crippen LogP) is 5.44. The number of nitrogens with one attached hydrogen (secondary N) is 1. The van der Waals surface area contributed by atoms with Crippen LogP contribution in [0.25, 0.3) is 10.9 Å². The Labute approximate surface area is 212 Å². The van der Waals surface area contributed by atoms with Crippen LogP contribution in [0.15, 0.2) is 53.3 Å². The second kappa shape index (κ2) is 13.5. The standard InChI is InChI=1S/C23H27N3OS.C2HF3O2.CH4/c1-17-6-5-9-20-22(17)24-21(25-23(20)27)16-28-19-11-14-26(15-12-19)13-10-18-7-3-2-4-8-18;3-2(4,5)1(6)7;/h2-9,19H,10-16H2,1H3,(H,24,25,27);(H,6,7);1H4. The molecule has 4 rings (SSSR count). The van der Waals surface area contributed by atoms with Gasteiger partial charge >= 0.3 is 12.1 Å². The molecule has 0 aliphatic carbocycles. The highest BCUT2D eigenvalue weighted by molar-refractivity contribution is 7.99. The van der Waals surface area contributed by atoms with E-state index >= 15 is 0 Å². The highest BCUT2D eigenvalue weighted by Crippen LogP contribution is 2.26. The predicted molar refractivity (Wildman–Crippen MR) is 138 cm³/mol. The molecule has 3 aromatic rings. The lowest BCUT2D eigenvalue weighted by atomic mass is 10.1. The van der Waals surface area contributed by atoms with E-state index in [0.29, 0.717) is 10.6 Å². The maximum absolute atomic E-state index is 12.3. The Bertz CT molecular complexity index is 1180. The van der Waals surface area contributed by atoms with Crippen LogP contribution in [0.2, 0.25) is 0 Å². The van der Waals surface area contributed by atoms with E-state index in [-0.39, 0.29) is 13.0 Å². The normalized spacial score (nSPS) is 14.6. The van der Waals surface area contributed by atoms with E-state index in [0.717, 1.165) is 48.7 Å². The molecule has 2 N–H and O–H groups in total. The number of piperidine rings is 1. The van der Waals surface area contributed by atoms with Crippen molar-refractivity contribution >= 4 is 28.6 Å². The molecule has 36 heavy (non-hydrogen) atoms. The Balaban J connectivity index is 0.000000503. The topological polar surface area (TPSA) is 86.3 Å². The van der Waals surface area contributed by atoms with Crippen LogP contribution in [0, 0.1) is 6.92 Å². The van der Waals surface area contributed by atoms with Crippen molar-refractivity contribution in [2.24, 2.45) is 0 Å². The van der Waals surface area contributed by atoms with Crippen molar-refractivity contribution in [3.8, 4) is 0 Å². The molecular weight excluding hydrogens is 491 g/mol. The van der Waals surface area contributed by atoms with Crippen LogP contribution in [0.5, 0.6) is 0 Å². The Morgan fingerprint density at radius 2 is 1.78 bits per heavy atom. The number of aliphatic carboxylic acids is 1. The van der Waals surface area contributed by atoms with E-state index in [4.69, 9.17) is 14.9 Å². The largest absolute Gasteiger partial charge is 0.490 e. The zero-order valence-corrected chi connectivity index (χ0v) is 20.2. The third kappa shape index (κ3) is 8.67. The summed E-state index contributed by atoms with van der Waals surface area (Å²) >= 11 is 1.93. The first kappa shape index (κ1) is 29.4. The maximum Gasteiger partial charge on any atom is 0.490 e. The second-order valence-corrected chi connectivity index (χ2v) is 9.66. The van der Waals surface area contributed by atoms with Gasteiger partial charge in [0.05, 0.1) is 16.7 Å². The molecule has 0 atom stereocenters. The van der Waals surface area contributed by atoms with Crippen LogP contribution in [0.3, 0.4) is 0 Å². The molecule has 1 aliphatic heterocycles. The molecule has 0 spiro atoms. The Kier molecular flexibility index (Phi) is 11.0. The number of thioether (sulfide) groups is 1. The van der Waals surface area contributed by atoms with Gasteiger partial charge in [-0.1, -0.05) is 49.9 Å². The fraction of sp³-hybridized carbons (Fsp3) is 0.423. The van der Waals surface area contributed by atoms with Gasteiger partial charge in [-0.3, -0.25) is 4.79 Å². The first-order chi connectivity index (χ1) is 16.6. The van der Waals surface area contributed by atoms with E-state index in [2.05, 4.69) is 40.2 Å². The highest BCUT2D eigenvalue weighted by Gasteiger charge is 2.38. The summed E-state index contributed by atoms with van der Waals surface area (Å²) in [5.41, 5.74) is 3.28. The van der Waals surface area contributed by atoms with Gasteiger partial charge < -0.3 is 15.0 Å². The molecule has 2 aromatic carbocycles. The van der Waals surface area contributed by atoms with Gasteiger partial charge in [0.25, 0.3) is 5.56 Å². The number of halogens is 3. The summed E-state index contributed by atoms with van der Waals surface area (Å²) in [6, 6.07) is 16.5. The van der Waals surface area contributed by atoms with Gasteiger partial charge in [0.15, 0.2) is 0 Å². The minimum absolute atomic E-state index is 0. The molecular formula is C26H32F3N3O3S. The van der Waals surface area contributed by atoms with E-state index in [1.165, 1.54) is 18.4 Å². The number of carboxylic acid groups (broad SMARTS) is 1. The number of hydrogen-bond acceptors (Lipinski definition) is 5. The molecule has 1 aliphatic rings. The van der Waals surface area contributed by atoms with Crippen molar-refractivity contribution in [3.63, 3.8) is 0 Å². The third-order valence-electron chi connectivity index (χ3n) is 5.78. The number of rotatable bonds is 6.